The minimum atomic E-state index is -0.793. The second-order valence-corrected chi connectivity index (χ2v) is 8.14. The van der Waals surface area contributed by atoms with Crippen molar-refractivity contribution in [2.45, 2.75) is 52.2 Å². The number of rotatable bonds is 9. The fourth-order valence-electron chi connectivity index (χ4n) is 2.99. The van der Waals surface area contributed by atoms with Gasteiger partial charge < -0.3 is 10.2 Å². The van der Waals surface area contributed by atoms with Gasteiger partial charge in [0.05, 0.1) is 21.4 Å². The van der Waals surface area contributed by atoms with Gasteiger partial charge in [-0.3, -0.25) is 19.7 Å². The Bertz CT molecular complexity index is 968. The number of nitro benzene ring substituents is 1. The first-order valence-corrected chi connectivity index (χ1v) is 10.7. The van der Waals surface area contributed by atoms with Crippen molar-refractivity contribution in [3.05, 3.63) is 73.8 Å². The fraction of sp³-hybridized carbons (Fsp3) is 0.364. The molecule has 9 heteroatoms. The van der Waals surface area contributed by atoms with E-state index in [1.807, 2.05) is 13.8 Å². The molecule has 0 bridgehead atoms. The lowest BCUT2D eigenvalue weighted by atomic mass is 10.1. The molecule has 0 aliphatic heterocycles. The molecule has 31 heavy (non-hydrogen) atoms. The molecule has 2 rings (SSSR count). The Morgan fingerprint density at radius 3 is 2.42 bits per heavy atom. The minimum absolute atomic E-state index is 0.0490. The maximum absolute atomic E-state index is 13.2. The lowest BCUT2D eigenvalue weighted by Gasteiger charge is -2.30. The third kappa shape index (κ3) is 6.67. The van der Waals surface area contributed by atoms with E-state index in [4.69, 9.17) is 23.2 Å². The Morgan fingerprint density at radius 2 is 1.81 bits per heavy atom. The highest BCUT2D eigenvalue weighted by Crippen LogP contribution is 2.25. The quantitative estimate of drug-likeness (QED) is 0.426. The van der Waals surface area contributed by atoms with Gasteiger partial charge in [0, 0.05) is 24.2 Å². The summed E-state index contributed by atoms with van der Waals surface area (Å²) >= 11 is 12.1. The van der Waals surface area contributed by atoms with Gasteiger partial charge in [0.25, 0.3) is 5.69 Å². The average Bonchev–Trinajstić information content (AvgIpc) is 2.73. The standard InChI is InChI=1S/C22H25Cl2N3O4/c1-4-14(2)25-22(29)15(3)26(13-16-9-10-18(23)19(24)11-16)21(28)12-17-7-5-6-8-20(17)27(30)31/h5-11,14-15H,4,12-13H2,1-3H3,(H,25,29). The number of hydrogen-bond acceptors (Lipinski definition) is 4. The van der Waals surface area contributed by atoms with Gasteiger partial charge in [0.15, 0.2) is 0 Å². The van der Waals surface area contributed by atoms with Gasteiger partial charge in [-0.05, 0) is 38.0 Å². The topological polar surface area (TPSA) is 92.6 Å². The van der Waals surface area contributed by atoms with Crippen LogP contribution in [-0.4, -0.2) is 33.7 Å². The maximum Gasteiger partial charge on any atom is 0.273 e. The molecular formula is C22H25Cl2N3O4. The summed E-state index contributed by atoms with van der Waals surface area (Å²) in [6.45, 7) is 5.56. The lowest BCUT2D eigenvalue weighted by molar-refractivity contribution is -0.385. The monoisotopic (exact) mass is 465 g/mol. The zero-order valence-corrected chi connectivity index (χ0v) is 19.1. The molecule has 2 unspecified atom stereocenters. The molecule has 2 aromatic rings. The van der Waals surface area contributed by atoms with Crippen LogP contribution in [0.1, 0.15) is 38.3 Å². The van der Waals surface area contributed by atoms with Crippen molar-refractivity contribution in [1.29, 1.82) is 0 Å². The minimum Gasteiger partial charge on any atom is -0.352 e. The van der Waals surface area contributed by atoms with Crippen molar-refractivity contribution in [3.63, 3.8) is 0 Å². The lowest BCUT2D eigenvalue weighted by Crippen LogP contribution is -2.49. The highest BCUT2D eigenvalue weighted by Gasteiger charge is 2.28. The summed E-state index contributed by atoms with van der Waals surface area (Å²) in [4.78, 5) is 38.1. The smallest absolute Gasteiger partial charge is 0.273 e. The van der Waals surface area contributed by atoms with Gasteiger partial charge in [-0.1, -0.05) is 54.4 Å². The zero-order valence-electron chi connectivity index (χ0n) is 17.6. The molecule has 2 aromatic carbocycles. The summed E-state index contributed by atoms with van der Waals surface area (Å²) in [7, 11) is 0. The van der Waals surface area contributed by atoms with Gasteiger partial charge in [-0.2, -0.15) is 0 Å². The molecular weight excluding hydrogens is 441 g/mol. The SMILES string of the molecule is CCC(C)NC(=O)C(C)N(Cc1ccc(Cl)c(Cl)c1)C(=O)Cc1ccccc1[N+](=O)[O-]. The molecule has 0 saturated carbocycles. The first-order chi connectivity index (χ1) is 14.6. The molecule has 2 amide bonds. The summed E-state index contributed by atoms with van der Waals surface area (Å²) in [5, 5.41) is 14.9. The number of carbonyl (C=O) groups is 2. The normalized spacial score (nSPS) is 12.7. The number of nitrogens with zero attached hydrogens (tertiary/aromatic N) is 2. The average molecular weight is 466 g/mol. The van der Waals surface area contributed by atoms with Gasteiger partial charge >= 0.3 is 0 Å². The van der Waals surface area contributed by atoms with E-state index in [9.17, 15) is 19.7 Å². The number of benzene rings is 2. The van der Waals surface area contributed by atoms with Crippen LogP contribution in [0.4, 0.5) is 5.69 Å². The van der Waals surface area contributed by atoms with Crippen LogP contribution in [0, 0.1) is 10.1 Å². The van der Waals surface area contributed by atoms with E-state index < -0.39 is 16.9 Å². The molecule has 0 fully saturated rings. The van der Waals surface area contributed by atoms with E-state index in [-0.39, 0.29) is 36.2 Å². The predicted octanol–water partition coefficient (Wildman–Crippen LogP) is 4.78. The molecule has 0 aromatic heterocycles. The van der Waals surface area contributed by atoms with Crippen molar-refractivity contribution in [2.75, 3.05) is 0 Å². The van der Waals surface area contributed by atoms with Crippen LogP contribution in [0.2, 0.25) is 10.0 Å². The Morgan fingerprint density at radius 1 is 1.13 bits per heavy atom. The van der Waals surface area contributed by atoms with E-state index in [1.54, 1.807) is 37.3 Å². The van der Waals surface area contributed by atoms with Crippen LogP contribution in [0.25, 0.3) is 0 Å². The number of para-hydroxylation sites is 1. The number of halogens is 2. The van der Waals surface area contributed by atoms with E-state index in [0.29, 0.717) is 15.6 Å². The Labute approximate surface area is 191 Å². The second kappa shape index (κ2) is 11.1. The van der Waals surface area contributed by atoms with Crippen LogP contribution >= 0.6 is 23.2 Å². The maximum atomic E-state index is 13.2. The number of amides is 2. The molecule has 0 aliphatic rings. The van der Waals surface area contributed by atoms with Gasteiger partial charge in [-0.15, -0.1) is 0 Å². The highest BCUT2D eigenvalue weighted by atomic mass is 35.5. The summed E-state index contributed by atoms with van der Waals surface area (Å²) in [6.07, 6.45) is 0.537. The summed E-state index contributed by atoms with van der Waals surface area (Å²) in [6, 6.07) is 10.2. The molecule has 0 spiro atoms. The molecule has 0 aliphatic carbocycles. The summed E-state index contributed by atoms with van der Waals surface area (Å²) in [5.41, 5.74) is 0.835. The fourth-order valence-corrected chi connectivity index (χ4v) is 3.31. The molecule has 0 heterocycles. The van der Waals surface area contributed by atoms with Crippen molar-refractivity contribution in [3.8, 4) is 0 Å². The first-order valence-electron chi connectivity index (χ1n) is 9.90. The number of hydrogen-bond donors (Lipinski definition) is 1. The third-order valence-corrected chi connectivity index (χ3v) is 5.77. The van der Waals surface area contributed by atoms with Crippen molar-refractivity contribution in [1.82, 2.24) is 10.2 Å². The Hall–Kier alpha value is -2.64. The summed E-state index contributed by atoms with van der Waals surface area (Å²) in [5.74, 6) is -0.711. The van der Waals surface area contributed by atoms with Crippen LogP contribution in [0.3, 0.4) is 0 Å². The van der Waals surface area contributed by atoms with Crippen molar-refractivity contribution < 1.29 is 14.5 Å². The van der Waals surface area contributed by atoms with Crippen molar-refractivity contribution in [2.24, 2.45) is 0 Å². The largest absolute Gasteiger partial charge is 0.352 e. The molecule has 2 atom stereocenters. The first kappa shape index (κ1) is 24.6. The van der Waals surface area contributed by atoms with E-state index in [0.717, 1.165) is 6.42 Å². The van der Waals surface area contributed by atoms with E-state index in [2.05, 4.69) is 5.32 Å². The molecule has 0 saturated heterocycles. The van der Waals surface area contributed by atoms with Crippen LogP contribution in [0.15, 0.2) is 42.5 Å². The second-order valence-electron chi connectivity index (χ2n) is 7.33. The van der Waals surface area contributed by atoms with Crippen LogP contribution < -0.4 is 5.32 Å². The van der Waals surface area contributed by atoms with Gasteiger partial charge in [-0.25, -0.2) is 0 Å². The number of nitro groups is 1. The molecule has 0 radical (unpaired) electrons. The van der Waals surface area contributed by atoms with E-state index >= 15 is 0 Å². The third-order valence-electron chi connectivity index (χ3n) is 5.04. The Kier molecular flexibility index (Phi) is 8.83. The number of carbonyl (C=O) groups excluding carboxylic acids is 2. The molecule has 1 N–H and O–H groups in total. The number of nitrogens with one attached hydrogen (secondary N) is 1. The van der Waals surface area contributed by atoms with E-state index in [1.165, 1.54) is 17.0 Å². The van der Waals surface area contributed by atoms with Crippen LogP contribution in [0.5, 0.6) is 0 Å². The predicted molar refractivity (Wildman–Crippen MR) is 121 cm³/mol. The Balaban J connectivity index is 2.33. The highest BCUT2D eigenvalue weighted by molar-refractivity contribution is 6.42. The molecule has 7 nitrogen and oxygen atoms in total. The van der Waals surface area contributed by atoms with Crippen LogP contribution in [-0.2, 0) is 22.6 Å². The molecule has 166 valence electrons. The van der Waals surface area contributed by atoms with Gasteiger partial charge in [0.1, 0.15) is 6.04 Å². The van der Waals surface area contributed by atoms with Gasteiger partial charge in [0.2, 0.25) is 11.8 Å². The van der Waals surface area contributed by atoms with Crippen molar-refractivity contribution >= 4 is 40.7 Å². The zero-order chi connectivity index (χ0) is 23.1. The summed E-state index contributed by atoms with van der Waals surface area (Å²) < 4.78 is 0.